The Bertz CT molecular complexity index is 1060. The minimum Gasteiger partial charge on any atom is -0.497 e. The third kappa shape index (κ3) is 6.89. The van der Waals surface area contributed by atoms with Gasteiger partial charge in [-0.2, -0.15) is 0 Å². The lowest BCUT2D eigenvalue weighted by Gasteiger charge is -2.35. The zero-order chi connectivity index (χ0) is 25.3. The van der Waals surface area contributed by atoms with Crippen molar-refractivity contribution < 1.29 is 22.7 Å². The van der Waals surface area contributed by atoms with E-state index in [0.717, 1.165) is 30.2 Å². The van der Waals surface area contributed by atoms with Gasteiger partial charge in [-0.1, -0.05) is 31.5 Å². The van der Waals surface area contributed by atoms with Crippen molar-refractivity contribution in [2.45, 2.75) is 50.0 Å². The lowest BCUT2D eigenvalue weighted by Crippen LogP contribution is -2.43. The molecule has 1 atom stereocenters. The number of nitrogens with one attached hydrogen (secondary N) is 1. The number of methoxy groups -OCH3 is 2. The van der Waals surface area contributed by atoms with Crippen molar-refractivity contribution in [2.24, 2.45) is 0 Å². The van der Waals surface area contributed by atoms with Gasteiger partial charge in [-0.25, -0.2) is 8.42 Å². The Balaban J connectivity index is 1.74. The van der Waals surface area contributed by atoms with Crippen LogP contribution in [-0.2, 0) is 14.8 Å². The van der Waals surface area contributed by atoms with Crippen molar-refractivity contribution >= 4 is 21.6 Å². The maximum atomic E-state index is 13.6. The van der Waals surface area contributed by atoms with E-state index in [2.05, 4.69) is 17.1 Å². The van der Waals surface area contributed by atoms with Crippen LogP contribution in [0.4, 0.5) is 5.69 Å². The monoisotopic (exact) mass is 503 g/mol. The minimum absolute atomic E-state index is 0.0911. The molecule has 1 aliphatic heterocycles. The molecule has 2 aromatic rings. The number of piperidine rings is 1. The molecule has 1 heterocycles. The van der Waals surface area contributed by atoms with Crippen LogP contribution < -0.4 is 19.1 Å². The quantitative estimate of drug-likeness (QED) is 0.445. The van der Waals surface area contributed by atoms with Crippen LogP contribution in [0.25, 0.3) is 0 Å². The number of sulfonamides is 1. The third-order valence-electron chi connectivity index (χ3n) is 6.44. The van der Waals surface area contributed by atoms with Crippen molar-refractivity contribution in [3.8, 4) is 11.5 Å². The zero-order valence-corrected chi connectivity index (χ0v) is 21.7. The molecule has 8 nitrogen and oxygen atoms in total. The molecule has 0 bridgehead atoms. The Labute approximate surface area is 209 Å². The number of rotatable bonds is 12. The predicted octanol–water partition coefficient (Wildman–Crippen LogP) is 3.67. The SMILES string of the molecule is CCC1CCCCN1CCCNC(=O)CN(c1cc(OC)ccc1OC)S(=O)(=O)c1ccccc1. The van der Waals surface area contributed by atoms with E-state index < -0.39 is 10.0 Å². The molecule has 2 aromatic carbocycles. The minimum atomic E-state index is -4.04. The summed E-state index contributed by atoms with van der Waals surface area (Å²) in [6.07, 6.45) is 5.69. The third-order valence-corrected chi connectivity index (χ3v) is 8.21. The molecule has 0 spiro atoms. The van der Waals surface area contributed by atoms with Crippen molar-refractivity contribution in [1.29, 1.82) is 0 Å². The van der Waals surface area contributed by atoms with Gasteiger partial charge in [0, 0.05) is 25.2 Å². The highest BCUT2D eigenvalue weighted by Gasteiger charge is 2.30. The van der Waals surface area contributed by atoms with Crippen LogP contribution in [0.5, 0.6) is 11.5 Å². The summed E-state index contributed by atoms with van der Waals surface area (Å²) in [5, 5.41) is 2.90. The number of hydrogen-bond acceptors (Lipinski definition) is 6. The number of ether oxygens (including phenoxy) is 2. The molecule has 1 N–H and O–H groups in total. The smallest absolute Gasteiger partial charge is 0.264 e. The summed E-state index contributed by atoms with van der Waals surface area (Å²) in [6.45, 7) is 4.36. The first-order valence-electron chi connectivity index (χ1n) is 12.2. The van der Waals surface area contributed by atoms with E-state index in [1.165, 1.54) is 45.6 Å². The van der Waals surface area contributed by atoms with Crippen LogP contribution >= 0.6 is 0 Å². The van der Waals surface area contributed by atoms with Gasteiger partial charge in [0.15, 0.2) is 0 Å². The Kier molecular flexibility index (Phi) is 9.80. The summed E-state index contributed by atoms with van der Waals surface area (Å²) in [4.78, 5) is 15.5. The number of carbonyl (C=O) groups is 1. The fourth-order valence-electron chi connectivity index (χ4n) is 4.52. The normalized spacial score (nSPS) is 16.5. The molecule has 1 unspecified atom stereocenters. The van der Waals surface area contributed by atoms with Gasteiger partial charge in [0.25, 0.3) is 10.0 Å². The first kappa shape index (κ1) is 26.8. The van der Waals surface area contributed by atoms with E-state index in [1.54, 1.807) is 36.4 Å². The molecule has 1 amide bonds. The summed E-state index contributed by atoms with van der Waals surface area (Å²) in [5.41, 5.74) is 0.241. The largest absolute Gasteiger partial charge is 0.497 e. The predicted molar refractivity (Wildman–Crippen MR) is 138 cm³/mol. The summed E-state index contributed by atoms with van der Waals surface area (Å²) >= 11 is 0. The molecular formula is C26H37N3O5S. The molecule has 192 valence electrons. The average molecular weight is 504 g/mol. The highest BCUT2D eigenvalue weighted by atomic mass is 32.2. The molecule has 0 saturated carbocycles. The van der Waals surface area contributed by atoms with Crippen molar-refractivity contribution in [3.05, 3.63) is 48.5 Å². The molecule has 0 aliphatic carbocycles. The average Bonchev–Trinajstić information content (AvgIpc) is 2.90. The Morgan fingerprint density at radius 2 is 1.89 bits per heavy atom. The second-order valence-corrected chi connectivity index (χ2v) is 10.5. The first-order chi connectivity index (χ1) is 16.9. The number of carbonyl (C=O) groups excluding carboxylic acids is 1. The molecular weight excluding hydrogens is 466 g/mol. The van der Waals surface area contributed by atoms with E-state index in [1.807, 2.05) is 0 Å². The van der Waals surface area contributed by atoms with E-state index in [9.17, 15) is 13.2 Å². The van der Waals surface area contributed by atoms with E-state index in [0.29, 0.717) is 24.1 Å². The van der Waals surface area contributed by atoms with Crippen molar-refractivity contribution in [2.75, 3.05) is 44.7 Å². The molecule has 0 aromatic heterocycles. The molecule has 1 fully saturated rings. The maximum Gasteiger partial charge on any atom is 0.264 e. The summed E-state index contributed by atoms with van der Waals surface area (Å²) in [6, 6.07) is 13.6. The Morgan fingerprint density at radius 1 is 1.11 bits per heavy atom. The van der Waals surface area contributed by atoms with Crippen LogP contribution in [0.15, 0.2) is 53.4 Å². The van der Waals surface area contributed by atoms with Gasteiger partial charge in [0.1, 0.15) is 18.0 Å². The lowest BCUT2D eigenvalue weighted by molar-refractivity contribution is -0.119. The number of likely N-dealkylation sites (tertiary alicyclic amines) is 1. The molecule has 1 saturated heterocycles. The molecule has 1 aliphatic rings. The maximum absolute atomic E-state index is 13.6. The summed E-state index contributed by atoms with van der Waals surface area (Å²) in [7, 11) is -1.08. The second kappa shape index (κ2) is 12.8. The topological polar surface area (TPSA) is 88.2 Å². The summed E-state index contributed by atoms with van der Waals surface area (Å²) < 4.78 is 39.0. The van der Waals surface area contributed by atoms with E-state index in [4.69, 9.17) is 9.47 Å². The van der Waals surface area contributed by atoms with Crippen LogP contribution in [-0.4, -0.2) is 65.7 Å². The highest BCUT2D eigenvalue weighted by Crippen LogP contribution is 2.35. The van der Waals surface area contributed by atoms with Gasteiger partial charge < -0.3 is 19.7 Å². The van der Waals surface area contributed by atoms with Crippen LogP contribution in [0, 0.1) is 0 Å². The van der Waals surface area contributed by atoms with Crippen LogP contribution in [0.1, 0.15) is 39.0 Å². The Morgan fingerprint density at radius 3 is 2.57 bits per heavy atom. The van der Waals surface area contributed by atoms with Crippen LogP contribution in [0.2, 0.25) is 0 Å². The molecule has 3 rings (SSSR count). The van der Waals surface area contributed by atoms with E-state index >= 15 is 0 Å². The Hall–Kier alpha value is -2.78. The number of anilines is 1. The van der Waals surface area contributed by atoms with Crippen molar-refractivity contribution in [1.82, 2.24) is 10.2 Å². The molecule has 9 heteroatoms. The molecule has 35 heavy (non-hydrogen) atoms. The molecule has 0 radical (unpaired) electrons. The fourth-order valence-corrected chi connectivity index (χ4v) is 5.97. The van der Waals surface area contributed by atoms with E-state index in [-0.39, 0.29) is 23.0 Å². The number of amides is 1. The van der Waals surface area contributed by atoms with Gasteiger partial charge in [-0.05, 0) is 56.5 Å². The second-order valence-electron chi connectivity index (χ2n) is 8.66. The number of hydrogen-bond donors (Lipinski definition) is 1. The lowest BCUT2D eigenvalue weighted by atomic mass is 10.00. The zero-order valence-electron chi connectivity index (χ0n) is 20.9. The van der Waals surface area contributed by atoms with Gasteiger partial charge in [0.2, 0.25) is 5.91 Å². The van der Waals surface area contributed by atoms with Gasteiger partial charge in [-0.15, -0.1) is 0 Å². The fraction of sp³-hybridized carbons (Fsp3) is 0.500. The standard InChI is InChI=1S/C26H37N3O5S/c1-4-21-11-8-9-17-28(21)18-10-16-27-26(30)20-29(35(31,32)23-12-6-5-7-13-23)24-19-22(33-2)14-15-25(24)34-3/h5-7,12-15,19,21H,4,8-11,16-18,20H2,1-3H3,(H,27,30). The summed E-state index contributed by atoms with van der Waals surface area (Å²) in [5.74, 6) is 0.412. The highest BCUT2D eigenvalue weighted by molar-refractivity contribution is 7.92. The number of benzene rings is 2. The number of nitrogens with zero attached hydrogens (tertiary/aromatic N) is 2. The van der Waals surface area contributed by atoms with Gasteiger partial charge in [-0.3, -0.25) is 9.10 Å². The van der Waals surface area contributed by atoms with Crippen molar-refractivity contribution in [3.63, 3.8) is 0 Å². The van der Waals surface area contributed by atoms with Crippen LogP contribution in [0.3, 0.4) is 0 Å². The first-order valence-corrected chi connectivity index (χ1v) is 13.6. The van der Waals surface area contributed by atoms with Gasteiger partial charge in [0.05, 0.1) is 24.8 Å². The van der Waals surface area contributed by atoms with Gasteiger partial charge >= 0.3 is 0 Å².